The van der Waals surface area contributed by atoms with Gasteiger partial charge in [0.1, 0.15) is 5.75 Å². The fraction of sp³-hybridized carbons (Fsp3) is 0.214. The first-order valence-electron chi connectivity index (χ1n) is 5.84. The van der Waals surface area contributed by atoms with Crippen molar-refractivity contribution < 1.29 is 14.6 Å². The Kier molecular flexibility index (Phi) is 4.07. The van der Waals surface area contributed by atoms with E-state index in [2.05, 4.69) is 10.2 Å². The molecule has 98 valence electrons. The zero-order chi connectivity index (χ0) is 13.7. The minimum Gasteiger partial charge on any atom is -0.497 e. The molecular formula is C14H14N2O3. The quantitative estimate of drug-likeness (QED) is 0.889. The number of hydrogen-bond donors (Lipinski definition) is 1. The van der Waals surface area contributed by atoms with E-state index in [9.17, 15) is 4.79 Å². The van der Waals surface area contributed by atoms with Crippen LogP contribution in [0.4, 0.5) is 0 Å². The number of carboxylic acid groups (broad SMARTS) is 1. The van der Waals surface area contributed by atoms with Gasteiger partial charge in [-0.3, -0.25) is 4.79 Å². The maximum absolute atomic E-state index is 11.0. The third-order valence-electron chi connectivity index (χ3n) is 2.85. The highest BCUT2D eigenvalue weighted by atomic mass is 16.5. The molecule has 0 spiro atoms. The SMILES string of the molecule is COc1ccc(C(CC(=O)O)c2cccnn2)cc1. The zero-order valence-corrected chi connectivity index (χ0v) is 10.5. The first-order chi connectivity index (χ1) is 9.20. The zero-order valence-electron chi connectivity index (χ0n) is 10.5. The lowest BCUT2D eigenvalue weighted by Gasteiger charge is -2.14. The van der Waals surface area contributed by atoms with Crippen molar-refractivity contribution in [1.29, 1.82) is 0 Å². The Morgan fingerprint density at radius 3 is 2.58 bits per heavy atom. The summed E-state index contributed by atoms with van der Waals surface area (Å²) in [7, 11) is 1.59. The number of aliphatic carboxylic acids is 1. The van der Waals surface area contributed by atoms with Crippen LogP contribution in [-0.4, -0.2) is 28.4 Å². The molecule has 1 atom stereocenters. The number of carbonyl (C=O) groups is 1. The topological polar surface area (TPSA) is 72.3 Å². The van der Waals surface area contributed by atoms with Crippen LogP contribution in [-0.2, 0) is 4.79 Å². The first kappa shape index (κ1) is 13.0. The predicted octanol–water partition coefficient (Wildman–Crippen LogP) is 2.09. The van der Waals surface area contributed by atoms with Crippen molar-refractivity contribution in [2.75, 3.05) is 7.11 Å². The molecule has 5 nitrogen and oxygen atoms in total. The average molecular weight is 258 g/mol. The number of hydrogen-bond acceptors (Lipinski definition) is 4. The minimum absolute atomic E-state index is 0.0228. The maximum Gasteiger partial charge on any atom is 0.304 e. The molecule has 0 aliphatic carbocycles. The van der Waals surface area contributed by atoms with Gasteiger partial charge < -0.3 is 9.84 Å². The van der Waals surface area contributed by atoms with Crippen LogP contribution < -0.4 is 4.74 Å². The molecule has 1 unspecified atom stereocenters. The summed E-state index contributed by atoms with van der Waals surface area (Å²) >= 11 is 0. The summed E-state index contributed by atoms with van der Waals surface area (Å²) < 4.78 is 5.09. The molecule has 2 aromatic rings. The number of aromatic nitrogens is 2. The lowest BCUT2D eigenvalue weighted by atomic mass is 9.92. The maximum atomic E-state index is 11.0. The number of rotatable bonds is 5. The molecule has 19 heavy (non-hydrogen) atoms. The summed E-state index contributed by atoms with van der Waals surface area (Å²) in [4.78, 5) is 11.0. The monoisotopic (exact) mass is 258 g/mol. The van der Waals surface area contributed by atoms with E-state index in [1.54, 1.807) is 37.6 Å². The van der Waals surface area contributed by atoms with Crippen molar-refractivity contribution >= 4 is 5.97 Å². The number of methoxy groups -OCH3 is 1. The van der Waals surface area contributed by atoms with Gasteiger partial charge in [-0.25, -0.2) is 0 Å². The predicted molar refractivity (Wildman–Crippen MR) is 69.1 cm³/mol. The Labute approximate surface area is 110 Å². The molecular weight excluding hydrogens is 244 g/mol. The number of benzene rings is 1. The van der Waals surface area contributed by atoms with Gasteiger partial charge >= 0.3 is 5.97 Å². The Morgan fingerprint density at radius 1 is 1.32 bits per heavy atom. The number of carboxylic acids is 1. The van der Waals surface area contributed by atoms with Gasteiger partial charge in [0.15, 0.2) is 0 Å². The summed E-state index contributed by atoms with van der Waals surface area (Å²) in [6, 6.07) is 10.8. The second kappa shape index (κ2) is 5.95. The van der Waals surface area contributed by atoms with Gasteiger partial charge in [0.2, 0.25) is 0 Å². The Balaban J connectivity index is 2.34. The molecule has 1 heterocycles. The molecule has 1 aromatic heterocycles. The highest BCUT2D eigenvalue weighted by molar-refractivity contribution is 5.68. The molecule has 0 fully saturated rings. The van der Waals surface area contributed by atoms with E-state index in [-0.39, 0.29) is 12.3 Å². The van der Waals surface area contributed by atoms with Crippen molar-refractivity contribution in [3.63, 3.8) is 0 Å². The summed E-state index contributed by atoms with van der Waals surface area (Å²) in [6.45, 7) is 0. The van der Waals surface area contributed by atoms with Crippen molar-refractivity contribution in [3.05, 3.63) is 53.9 Å². The van der Waals surface area contributed by atoms with E-state index in [4.69, 9.17) is 9.84 Å². The van der Waals surface area contributed by atoms with Gasteiger partial charge in [-0.05, 0) is 29.8 Å². The van der Waals surface area contributed by atoms with Gasteiger partial charge in [-0.15, -0.1) is 0 Å². The third kappa shape index (κ3) is 3.28. The van der Waals surface area contributed by atoms with Crippen LogP contribution in [0.5, 0.6) is 5.75 Å². The van der Waals surface area contributed by atoms with Gasteiger partial charge in [0, 0.05) is 12.1 Å². The minimum atomic E-state index is -0.869. The molecule has 0 aliphatic rings. The molecule has 0 radical (unpaired) electrons. The Morgan fingerprint density at radius 2 is 2.05 bits per heavy atom. The molecule has 0 saturated carbocycles. The van der Waals surface area contributed by atoms with E-state index in [0.29, 0.717) is 5.69 Å². The van der Waals surface area contributed by atoms with Crippen molar-refractivity contribution in [2.24, 2.45) is 0 Å². The highest BCUT2D eigenvalue weighted by Gasteiger charge is 2.19. The Bertz CT molecular complexity index is 540. The second-order valence-electron chi connectivity index (χ2n) is 4.07. The van der Waals surface area contributed by atoms with Gasteiger partial charge in [-0.2, -0.15) is 10.2 Å². The fourth-order valence-electron chi connectivity index (χ4n) is 1.90. The van der Waals surface area contributed by atoms with E-state index < -0.39 is 5.97 Å². The van der Waals surface area contributed by atoms with E-state index in [1.165, 1.54) is 0 Å². The molecule has 1 aromatic carbocycles. The molecule has 0 amide bonds. The van der Waals surface area contributed by atoms with Crippen LogP contribution in [0.2, 0.25) is 0 Å². The van der Waals surface area contributed by atoms with Crippen LogP contribution in [0.25, 0.3) is 0 Å². The molecule has 1 N–H and O–H groups in total. The summed E-state index contributed by atoms with van der Waals surface area (Å²) in [6.07, 6.45) is 1.54. The van der Waals surface area contributed by atoms with E-state index in [1.807, 2.05) is 12.1 Å². The van der Waals surface area contributed by atoms with Gasteiger partial charge in [0.25, 0.3) is 0 Å². The largest absolute Gasteiger partial charge is 0.497 e. The van der Waals surface area contributed by atoms with Gasteiger partial charge in [0.05, 0.1) is 19.2 Å². The molecule has 0 aliphatic heterocycles. The van der Waals surface area contributed by atoms with Crippen molar-refractivity contribution in [2.45, 2.75) is 12.3 Å². The highest BCUT2D eigenvalue weighted by Crippen LogP contribution is 2.27. The molecule has 5 heteroatoms. The standard InChI is InChI=1S/C14H14N2O3/c1-19-11-6-4-10(5-7-11)12(9-14(17)18)13-3-2-8-15-16-13/h2-8,12H,9H2,1H3,(H,17,18). The summed E-state index contributed by atoms with van der Waals surface area (Å²) in [5.41, 5.74) is 1.53. The van der Waals surface area contributed by atoms with Crippen molar-refractivity contribution in [1.82, 2.24) is 10.2 Å². The number of ether oxygens (including phenoxy) is 1. The van der Waals surface area contributed by atoms with Crippen LogP contribution in [0, 0.1) is 0 Å². The third-order valence-corrected chi connectivity index (χ3v) is 2.85. The number of nitrogens with zero attached hydrogens (tertiary/aromatic N) is 2. The van der Waals surface area contributed by atoms with Crippen LogP contribution >= 0.6 is 0 Å². The fourth-order valence-corrected chi connectivity index (χ4v) is 1.90. The lowest BCUT2D eigenvalue weighted by molar-refractivity contribution is -0.137. The van der Waals surface area contributed by atoms with Gasteiger partial charge in [-0.1, -0.05) is 12.1 Å². The first-order valence-corrected chi connectivity index (χ1v) is 5.84. The van der Waals surface area contributed by atoms with Crippen LogP contribution in [0.15, 0.2) is 42.6 Å². The molecule has 2 rings (SSSR count). The second-order valence-corrected chi connectivity index (χ2v) is 4.07. The van der Waals surface area contributed by atoms with Crippen molar-refractivity contribution in [3.8, 4) is 5.75 Å². The smallest absolute Gasteiger partial charge is 0.304 e. The lowest BCUT2D eigenvalue weighted by Crippen LogP contribution is -2.10. The normalized spacial score (nSPS) is 11.8. The van der Waals surface area contributed by atoms with E-state index >= 15 is 0 Å². The Hall–Kier alpha value is -2.43. The average Bonchev–Trinajstić information content (AvgIpc) is 2.46. The molecule has 0 saturated heterocycles. The molecule has 0 bridgehead atoms. The van der Waals surface area contributed by atoms with Crippen LogP contribution in [0.1, 0.15) is 23.6 Å². The van der Waals surface area contributed by atoms with Crippen LogP contribution in [0.3, 0.4) is 0 Å². The summed E-state index contributed by atoms with van der Waals surface area (Å²) in [5.74, 6) is -0.444. The van der Waals surface area contributed by atoms with E-state index in [0.717, 1.165) is 11.3 Å². The summed E-state index contributed by atoms with van der Waals surface area (Å²) in [5, 5.41) is 16.8.